The van der Waals surface area contributed by atoms with Crippen molar-refractivity contribution in [3.8, 4) is 0 Å². The molecule has 2 aliphatic rings. The minimum atomic E-state index is -0.0727. The number of hydrogen-bond acceptors (Lipinski definition) is 5. The molecular formula is C31H40N6O. The smallest absolute Gasteiger partial charge is 0.322 e. The highest BCUT2D eigenvalue weighted by Gasteiger charge is 2.29. The number of hydrogen-bond donors (Lipinski definition) is 1. The number of benzene rings is 2. The Hall–Kier alpha value is -3.61. The fourth-order valence-corrected chi connectivity index (χ4v) is 5.29. The summed E-state index contributed by atoms with van der Waals surface area (Å²) in [6, 6.07) is 18.5. The minimum Gasteiger partial charge on any atom is -0.356 e. The van der Waals surface area contributed by atoms with Gasteiger partial charge in [0.25, 0.3) is 0 Å². The number of rotatable bonds is 6. The fraction of sp³-hybridized carbons (Fsp3) is 0.452. The highest BCUT2D eigenvalue weighted by Crippen LogP contribution is 2.32. The third kappa shape index (κ3) is 5.93. The SMILES string of the molecule is CC1CCN(c2nc(N(C)Cc3ccccc3)nc3c2CN(C(=O)Nc2ccc(C(C)C)cc2)CC3)CC1. The largest absolute Gasteiger partial charge is 0.356 e. The summed E-state index contributed by atoms with van der Waals surface area (Å²) in [5.41, 5.74) is 5.47. The van der Waals surface area contributed by atoms with E-state index in [1.54, 1.807) is 0 Å². The highest BCUT2D eigenvalue weighted by molar-refractivity contribution is 5.89. The molecule has 1 N–H and O–H groups in total. The monoisotopic (exact) mass is 512 g/mol. The van der Waals surface area contributed by atoms with E-state index in [1.807, 2.05) is 23.1 Å². The van der Waals surface area contributed by atoms with E-state index in [4.69, 9.17) is 9.97 Å². The summed E-state index contributed by atoms with van der Waals surface area (Å²) in [5.74, 6) is 2.94. The molecule has 0 atom stereocenters. The van der Waals surface area contributed by atoms with Gasteiger partial charge in [0.2, 0.25) is 5.95 Å². The molecule has 7 nitrogen and oxygen atoms in total. The topological polar surface area (TPSA) is 64.6 Å². The number of carbonyl (C=O) groups excluding carboxylic acids is 1. The molecule has 0 spiro atoms. The Balaban J connectivity index is 1.38. The molecular weight excluding hydrogens is 472 g/mol. The maximum absolute atomic E-state index is 13.3. The molecule has 0 bridgehead atoms. The summed E-state index contributed by atoms with van der Waals surface area (Å²) in [7, 11) is 2.06. The van der Waals surface area contributed by atoms with Crippen LogP contribution >= 0.6 is 0 Å². The summed E-state index contributed by atoms with van der Waals surface area (Å²) < 4.78 is 0. The third-order valence-electron chi connectivity index (χ3n) is 7.83. The molecule has 38 heavy (non-hydrogen) atoms. The van der Waals surface area contributed by atoms with Gasteiger partial charge in [0.05, 0.1) is 12.2 Å². The molecule has 0 unspecified atom stereocenters. The third-order valence-corrected chi connectivity index (χ3v) is 7.83. The van der Waals surface area contributed by atoms with E-state index in [1.165, 1.54) is 11.1 Å². The number of amides is 2. The van der Waals surface area contributed by atoms with Crippen LogP contribution in [0.5, 0.6) is 0 Å². The Kier molecular flexibility index (Phi) is 7.82. The van der Waals surface area contributed by atoms with Crippen LogP contribution in [0.4, 0.5) is 22.2 Å². The quantitative estimate of drug-likeness (QED) is 0.435. The van der Waals surface area contributed by atoms with Crippen LogP contribution in [0.1, 0.15) is 61.9 Å². The molecule has 0 saturated carbocycles. The zero-order valence-electron chi connectivity index (χ0n) is 23.2. The molecule has 0 radical (unpaired) electrons. The van der Waals surface area contributed by atoms with E-state index in [2.05, 4.69) is 79.3 Å². The maximum atomic E-state index is 13.3. The van der Waals surface area contributed by atoms with Gasteiger partial charge < -0.3 is 20.0 Å². The number of fused-ring (bicyclic) bond motifs is 1. The summed E-state index contributed by atoms with van der Waals surface area (Å²) in [4.78, 5) is 29.8. The van der Waals surface area contributed by atoms with Crippen molar-refractivity contribution in [2.45, 2.75) is 59.0 Å². The van der Waals surface area contributed by atoms with Crippen molar-refractivity contribution in [3.05, 3.63) is 77.0 Å². The van der Waals surface area contributed by atoms with E-state index in [9.17, 15) is 4.79 Å². The van der Waals surface area contributed by atoms with Gasteiger partial charge in [-0.25, -0.2) is 9.78 Å². The van der Waals surface area contributed by atoms with Crippen LogP contribution in [-0.2, 0) is 19.5 Å². The number of piperidine rings is 1. The summed E-state index contributed by atoms with van der Waals surface area (Å²) in [6.07, 6.45) is 3.04. The van der Waals surface area contributed by atoms with Gasteiger partial charge in [0.15, 0.2) is 0 Å². The second-order valence-electron chi connectivity index (χ2n) is 11.2. The van der Waals surface area contributed by atoms with Crippen LogP contribution in [0.15, 0.2) is 54.6 Å². The van der Waals surface area contributed by atoms with Crippen molar-refractivity contribution >= 4 is 23.5 Å². The first-order valence-corrected chi connectivity index (χ1v) is 13.9. The number of aromatic nitrogens is 2. The van der Waals surface area contributed by atoms with Crippen LogP contribution in [0.2, 0.25) is 0 Å². The van der Waals surface area contributed by atoms with Crippen LogP contribution < -0.4 is 15.1 Å². The van der Waals surface area contributed by atoms with Crippen molar-refractivity contribution in [1.82, 2.24) is 14.9 Å². The van der Waals surface area contributed by atoms with E-state index in [0.717, 1.165) is 73.5 Å². The van der Waals surface area contributed by atoms with Crippen molar-refractivity contribution in [1.29, 1.82) is 0 Å². The number of nitrogens with zero attached hydrogens (tertiary/aromatic N) is 5. The molecule has 1 fully saturated rings. The van der Waals surface area contributed by atoms with Gasteiger partial charge >= 0.3 is 6.03 Å². The molecule has 200 valence electrons. The summed E-state index contributed by atoms with van der Waals surface area (Å²) in [6.45, 7) is 10.6. The van der Waals surface area contributed by atoms with Gasteiger partial charge in [-0.3, -0.25) is 0 Å². The van der Waals surface area contributed by atoms with Crippen molar-refractivity contribution in [2.75, 3.05) is 41.8 Å². The molecule has 1 aromatic heterocycles. The van der Waals surface area contributed by atoms with Gasteiger partial charge in [0, 0.05) is 50.9 Å². The first-order valence-electron chi connectivity index (χ1n) is 13.9. The van der Waals surface area contributed by atoms with Gasteiger partial charge in [-0.05, 0) is 47.9 Å². The molecule has 3 heterocycles. The Morgan fingerprint density at radius 3 is 2.42 bits per heavy atom. The number of nitrogens with one attached hydrogen (secondary N) is 1. The molecule has 1 saturated heterocycles. The zero-order chi connectivity index (χ0) is 26.6. The molecule has 2 aromatic carbocycles. The minimum absolute atomic E-state index is 0.0727. The number of urea groups is 1. The average molecular weight is 513 g/mol. The summed E-state index contributed by atoms with van der Waals surface area (Å²) >= 11 is 0. The van der Waals surface area contributed by atoms with Gasteiger partial charge in [-0.2, -0.15) is 4.98 Å². The molecule has 3 aromatic rings. The van der Waals surface area contributed by atoms with Crippen LogP contribution in [-0.4, -0.2) is 47.6 Å². The van der Waals surface area contributed by atoms with Crippen molar-refractivity contribution < 1.29 is 4.79 Å². The normalized spacial score (nSPS) is 15.9. The highest BCUT2D eigenvalue weighted by atomic mass is 16.2. The van der Waals surface area contributed by atoms with Crippen molar-refractivity contribution in [3.63, 3.8) is 0 Å². The van der Waals surface area contributed by atoms with E-state index >= 15 is 0 Å². The predicted octanol–water partition coefficient (Wildman–Crippen LogP) is 6.06. The van der Waals surface area contributed by atoms with E-state index < -0.39 is 0 Å². The Morgan fingerprint density at radius 1 is 1.03 bits per heavy atom. The second-order valence-corrected chi connectivity index (χ2v) is 11.2. The fourth-order valence-electron chi connectivity index (χ4n) is 5.29. The van der Waals surface area contributed by atoms with E-state index in [-0.39, 0.29) is 6.03 Å². The van der Waals surface area contributed by atoms with Gasteiger partial charge in [-0.1, -0.05) is 63.2 Å². The predicted molar refractivity (Wildman–Crippen MR) is 155 cm³/mol. The number of anilines is 3. The maximum Gasteiger partial charge on any atom is 0.322 e. The van der Waals surface area contributed by atoms with Crippen LogP contribution in [0, 0.1) is 5.92 Å². The average Bonchev–Trinajstić information content (AvgIpc) is 2.93. The Bertz CT molecular complexity index is 1240. The zero-order valence-corrected chi connectivity index (χ0v) is 23.2. The van der Waals surface area contributed by atoms with Gasteiger partial charge in [-0.15, -0.1) is 0 Å². The molecule has 2 aliphatic heterocycles. The van der Waals surface area contributed by atoms with E-state index in [0.29, 0.717) is 19.0 Å². The first kappa shape index (κ1) is 26.0. The second kappa shape index (κ2) is 11.4. The number of carbonyl (C=O) groups is 1. The molecule has 7 heteroatoms. The molecule has 0 aliphatic carbocycles. The molecule has 5 rings (SSSR count). The Labute approximate surface area is 226 Å². The lowest BCUT2D eigenvalue weighted by atomic mass is 9.98. The lowest BCUT2D eigenvalue weighted by Gasteiger charge is -2.36. The Morgan fingerprint density at radius 2 is 1.74 bits per heavy atom. The van der Waals surface area contributed by atoms with Crippen LogP contribution in [0.3, 0.4) is 0 Å². The standard InChI is InChI=1S/C31H40N6O/c1-22(2)25-10-12-26(13-11-25)32-31(38)37-19-16-28-27(21-37)29(36-17-14-23(3)15-18-36)34-30(33-28)35(4)20-24-8-6-5-7-9-24/h5-13,22-23H,14-21H2,1-4H3,(H,32,38). The van der Waals surface area contributed by atoms with Crippen molar-refractivity contribution in [2.24, 2.45) is 5.92 Å². The van der Waals surface area contributed by atoms with Crippen LogP contribution in [0.25, 0.3) is 0 Å². The lowest BCUT2D eigenvalue weighted by molar-refractivity contribution is 0.206. The first-order chi connectivity index (χ1) is 18.4. The lowest BCUT2D eigenvalue weighted by Crippen LogP contribution is -2.41. The molecule has 2 amide bonds. The van der Waals surface area contributed by atoms with Gasteiger partial charge in [0.1, 0.15) is 5.82 Å². The summed E-state index contributed by atoms with van der Waals surface area (Å²) in [5, 5.41) is 3.09.